The van der Waals surface area contributed by atoms with Crippen LogP contribution in [0.5, 0.6) is 0 Å². The number of aromatic nitrogens is 2. The summed E-state index contributed by atoms with van der Waals surface area (Å²) in [5.74, 6) is -0.309. The summed E-state index contributed by atoms with van der Waals surface area (Å²) < 4.78 is 6.67. The van der Waals surface area contributed by atoms with Crippen LogP contribution in [0.2, 0.25) is 0 Å². The summed E-state index contributed by atoms with van der Waals surface area (Å²) in [6, 6.07) is 0. The van der Waals surface area contributed by atoms with Gasteiger partial charge < -0.3 is 37.5 Å². The summed E-state index contributed by atoms with van der Waals surface area (Å²) >= 11 is 0. The topological polar surface area (TPSA) is 195 Å². The minimum absolute atomic E-state index is 0.0356. The lowest BCUT2D eigenvalue weighted by Gasteiger charge is -2.20. The molecule has 1 saturated heterocycles. The fraction of sp³-hybridized carbons (Fsp3) is 0.706. The lowest BCUT2D eigenvalue weighted by atomic mass is 10.2. The lowest BCUT2D eigenvalue weighted by molar-refractivity contribution is -0.120. The smallest absolute Gasteiger partial charge is 0.351 e. The van der Waals surface area contributed by atoms with Crippen molar-refractivity contribution in [3.8, 4) is 0 Å². The summed E-state index contributed by atoms with van der Waals surface area (Å²) in [5.41, 5.74) is 16.6. The Bertz CT molecular complexity index is 723. The average molecular weight is 413 g/mol. The molecule has 0 unspecified atom stereocenters. The summed E-state index contributed by atoms with van der Waals surface area (Å²) in [6.45, 7) is 3.06. The third kappa shape index (κ3) is 6.45. The molecule has 0 spiro atoms. The molecule has 1 amide bonds. The van der Waals surface area contributed by atoms with Crippen LogP contribution in [0.1, 0.15) is 18.2 Å². The molecule has 1 aliphatic rings. The number of hydrogen-bond acceptors (Lipinski definition) is 10. The zero-order chi connectivity index (χ0) is 21.4. The Labute approximate surface area is 168 Å². The number of nitrogens with two attached hydrogens (primary N) is 3. The van der Waals surface area contributed by atoms with Gasteiger partial charge in [-0.2, -0.15) is 4.98 Å². The zero-order valence-corrected chi connectivity index (χ0v) is 16.4. The van der Waals surface area contributed by atoms with Gasteiger partial charge in [-0.25, -0.2) is 4.79 Å². The number of aliphatic hydroxyl groups excluding tert-OH is 2. The van der Waals surface area contributed by atoms with Crippen molar-refractivity contribution in [1.29, 1.82) is 0 Å². The molecule has 0 bridgehead atoms. The summed E-state index contributed by atoms with van der Waals surface area (Å²) in [5, 5.41) is 21.9. The van der Waals surface area contributed by atoms with Gasteiger partial charge in [0, 0.05) is 57.4 Å². The van der Waals surface area contributed by atoms with Crippen LogP contribution in [0.4, 0.5) is 5.82 Å². The summed E-state index contributed by atoms with van der Waals surface area (Å²) in [7, 11) is 0. The van der Waals surface area contributed by atoms with Gasteiger partial charge >= 0.3 is 5.69 Å². The third-order valence-electron chi connectivity index (χ3n) is 4.75. The second-order valence-electron chi connectivity index (χ2n) is 6.90. The number of carbonyl (C=O) groups excluding carboxylic acids is 1. The molecule has 0 saturated carbocycles. The average Bonchev–Trinajstić information content (AvgIpc) is 3.04. The first kappa shape index (κ1) is 23.2. The Balaban J connectivity index is 1.98. The number of aliphatic hydroxyl groups is 2. The van der Waals surface area contributed by atoms with Crippen LogP contribution in [0.15, 0.2) is 11.0 Å². The second kappa shape index (κ2) is 11.2. The molecule has 12 heteroatoms. The van der Waals surface area contributed by atoms with Crippen molar-refractivity contribution in [2.45, 2.75) is 31.3 Å². The normalized spacial score (nSPS) is 21.6. The number of amides is 1. The first-order valence-corrected chi connectivity index (χ1v) is 9.60. The molecule has 1 fully saturated rings. The highest BCUT2D eigenvalue weighted by Gasteiger charge is 2.35. The Morgan fingerprint density at radius 2 is 2.03 bits per heavy atom. The number of anilines is 1. The minimum Gasteiger partial charge on any atom is -0.394 e. The van der Waals surface area contributed by atoms with E-state index in [1.165, 1.54) is 10.8 Å². The highest BCUT2D eigenvalue weighted by Crippen LogP contribution is 2.27. The van der Waals surface area contributed by atoms with Crippen LogP contribution < -0.4 is 28.2 Å². The van der Waals surface area contributed by atoms with E-state index < -0.39 is 24.1 Å². The molecule has 1 aliphatic heterocycles. The van der Waals surface area contributed by atoms with Gasteiger partial charge in [-0.1, -0.05) is 0 Å². The van der Waals surface area contributed by atoms with Gasteiger partial charge in [0.25, 0.3) is 0 Å². The van der Waals surface area contributed by atoms with Crippen LogP contribution in [-0.4, -0.2) is 88.7 Å². The highest BCUT2D eigenvalue weighted by molar-refractivity contribution is 5.79. The molecule has 3 atom stereocenters. The van der Waals surface area contributed by atoms with E-state index in [0.29, 0.717) is 44.8 Å². The molecule has 9 N–H and O–H groups in total. The highest BCUT2D eigenvalue weighted by atomic mass is 16.5. The van der Waals surface area contributed by atoms with Crippen LogP contribution in [0, 0.1) is 0 Å². The molecular weight excluding hydrogens is 382 g/mol. The molecule has 1 aromatic rings. The molecule has 1 aromatic heterocycles. The second-order valence-corrected chi connectivity index (χ2v) is 6.90. The SMILES string of the molecule is NCCN(CCN)CCNC(=O)Cc1cn([C@H]2C[C@H](O)[C@@H](CO)O2)c(=O)nc1N. The maximum Gasteiger partial charge on any atom is 0.351 e. The number of nitrogens with zero attached hydrogens (tertiary/aromatic N) is 3. The van der Waals surface area contributed by atoms with Gasteiger partial charge in [0.2, 0.25) is 5.91 Å². The van der Waals surface area contributed by atoms with Crippen molar-refractivity contribution in [2.75, 3.05) is 51.6 Å². The van der Waals surface area contributed by atoms with E-state index >= 15 is 0 Å². The van der Waals surface area contributed by atoms with Crippen LogP contribution in [-0.2, 0) is 16.0 Å². The fourth-order valence-corrected chi connectivity index (χ4v) is 3.20. The van der Waals surface area contributed by atoms with Crippen molar-refractivity contribution in [2.24, 2.45) is 11.5 Å². The van der Waals surface area contributed by atoms with Crippen molar-refractivity contribution in [3.63, 3.8) is 0 Å². The van der Waals surface area contributed by atoms with E-state index in [1.54, 1.807) is 0 Å². The van der Waals surface area contributed by atoms with Gasteiger partial charge in [0.15, 0.2) is 0 Å². The molecule has 164 valence electrons. The van der Waals surface area contributed by atoms with Crippen LogP contribution >= 0.6 is 0 Å². The van der Waals surface area contributed by atoms with Crippen LogP contribution in [0.25, 0.3) is 0 Å². The Morgan fingerprint density at radius 3 is 2.62 bits per heavy atom. The van der Waals surface area contributed by atoms with Gasteiger partial charge in [-0.3, -0.25) is 14.3 Å². The zero-order valence-electron chi connectivity index (χ0n) is 16.4. The number of nitrogen functional groups attached to an aromatic ring is 1. The molecule has 0 aromatic carbocycles. The third-order valence-corrected chi connectivity index (χ3v) is 4.75. The van der Waals surface area contributed by atoms with Gasteiger partial charge in [0.1, 0.15) is 18.1 Å². The summed E-state index contributed by atoms with van der Waals surface area (Å²) in [6.07, 6.45) is -0.985. The van der Waals surface area contributed by atoms with E-state index in [1.807, 2.05) is 0 Å². The minimum atomic E-state index is -0.897. The number of hydrogen-bond donors (Lipinski definition) is 6. The number of carbonyl (C=O) groups is 1. The number of rotatable bonds is 11. The Hall–Kier alpha value is -2.09. The van der Waals surface area contributed by atoms with E-state index in [2.05, 4.69) is 15.2 Å². The molecule has 2 rings (SSSR count). The van der Waals surface area contributed by atoms with E-state index in [9.17, 15) is 19.8 Å². The summed E-state index contributed by atoms with van der Waals surface area (Å²) in [4.78, 5) is 30.2. The quantitative estimate of drug-likeness (QED) is 0.210. The predicted octanol–water partition coefficient (Wildman–Crippen LogP) is -3.66. The van der Waals surface area contributed by atoms with Crippen molar-refractivity contribution in [1.82, 2.24) is 19.8 Å². The fourth-order valence-electron chi connectivity index (χ4n) is 3.20. The maximum absolute atomic E-state index is 12.3. The molecule has 0 aliphatic carbocycles. The number of nitrogens with one attached hydrogen (secondary N) is 1. The van der Waals surface area contributed by atoms with Crippen LogP contribution in [0.3, 0.4) is 0 Å². The number of ether oxygens (including phenoxy) is 1. The predicted molar refractivity (Wildman–Crippen MR) is 106 cm³/mol. The largest absolute Gasteiger partial charge is 0.394 e. The van der Waals surface area contributed by atoms with Crippen molar-refractivity contribution in [3.05, 3.63) is 22.2 Å². The lowest BCUT2D eigenvalue weighted by Crippen LogP contribution is -2.40. The van der Waals surface area contributed by atoms with Gasteiger partial charge in [0.05, 0.1) is 19.1 Å². The first-order chi connectivity index (χ1) is 13.9. The Kier molecular flexibility index (Phi) is 8.95. The van der Waals surface area contributed by atoms with Gasteiger partial charge in [-0.15, -0.1) is 0 Å². The molecule has 0 radical (unpaired) electrons. The Morgan fingerprint density at radius 1 is 1.34 bits per heavy atom. The van der Waals surface area contributed by atoms with Crippen molar-refractivity contribution >= 4 is 11.7 Å². The standard InChI is InChI=1S/C17H31N7O5/c18-1-4-23(5-2-19)6-3-21-14(27)7-11-9-24(17(28)22-16(11)20)15-8-12(26)13(10-25)29-15/h9,12-13,15,25-26H,1-8,10,18-19H2,(H,21,27)(H2,20,22,28)/t12-,13+,15+/m0/s1. The monoisotopic (exact) mass is 413 g/mol. The molecule has 2 heterocycles. The van der Waals surface area contributed by atoms with E-state index in [4.69, 9.17) is 21.9 Å². The maximum atomic E-state index is 12.3. The van der Waals surface area contributed by atoms with E-state index in [-0.39, 0.29) is 31.2 Å². The molecule has 12 nitrogen and oxygen atoms in total. The molecular formula is C17H31N7O5. The first-order valence-electron chi connectivity index (χ1n) is 9.60. The van der Waals surface area contributed by atoms with Gasteiger partial charge in [-0.05, 0) is 0 Å². The van der Waals surface area contributed by atoms with Crippen molar-refractivity contribution < 1.29 is 19.7 Å². The molecule has 29 heavy (non-hydrogen) atoms. The van der Waals surface area contributed by atoms with E-state index in [0.717, 1.165) is 0 Å².